The van der Waals surface area contributed by atoms with Gasteiger partial charge in [0.15, 0.2) is 11.5 Å². The zero-order valence-corrected chi connectivity index (χ0v) is 9.19. The van der Waals surface area contributed by atoms with Gasteiger partial charge in [0, 0.05) is 18.5 Å². The molecular formula is C12H14N2O2. The highest BCUT2D eigenvalue weighted by molar-refractivity contribution is 5.74. The number of ether oxygens (including phenoxy) is 1. The van der Waals surface area contributed by atoms with Gasteiger partial charge < -0.3 is 14.5 Å². The summed E-state index contributed by atoms with van der Waals surface area (Å²) in [6.45, 7) is 2.01. The largest absolute Gasteiger partial charge is 0.497 e. The summed E-state index contributed by atoms with van der Waals surface area (Å²) in [5.74, 6) is 2.07. The van der Waals surface area contributed by atoms with Crippen LogP contribution in [0.2, 0.25) is 0 Å². The fraction of sp³-hybridized carbons (Fsp3) is 0.417. The van der Waals surface area contributed by atoms with Gasteiger partial charge in [-0.1, -0.05) is 0 Å². The van der Waals surface area contributed by atoms with Crippen LogP contribution in [-0.4, -0.2) is 25.2 Å². The van der Waals surface area contributed by atoms with Crippen molar-refractivity contribution in [3.63, 3.8) is 0 Å². The van der Waals surface area contributed by atoms with Crippen molar-refractivity contribution in [1.82, 2.24) is 10.3 Å². The van der Waals surface area contributed by atoms with Gasteiger partial charge in [-0.3, -0.25) is 0 Å². The van der Waals surface area contributed by atoms with Gasteiger partial charge in [-0.2, -0.15) is 0 Å². The topological polar surface area (TPSA) is 47.3 Å². The first-order valence-electron chi connectivity index (χ1n) is 5.52. The van der Waals surface area contributed by atoms with Gasteiger partial charge in [0.25, 0.3) is 0 Å². The summed E-state index contributed by atoms with van der Waals surface area (Å²) in [5, 5.41) is 3.31. The highest BCUT2D eigenvalue weighted by Crippen LogP contribution is 2.27. The SMILES string of the molecule is COc1ccc2oc(C3CCNC3)nc2c1. The molecule has 1 aromatic heterocycles. The zero-order valence-electron chi connectivity index (χ0n) is 9.19. The average Bonchev–Trinajstić information content (AvgIpc) is 2.96. The maximum Gasteiger partial charge on any atom is 0.199 e. The Labute approximate surface area is 93.6 Å². The van der Waals surface area contributed by atoms with Crippen LogP contribution >= 0.6 is 0 Å². The van der Waals surface area contributed by atoms with E-state index < -0.39 is 0 Å². The molecule has 1 saturated heterocycles. The van der Waals surface area contributed by atoms with E-state index in [1.807, 2.05) is 18.2 Å². The van der Waals surface area contributed by atoms with Crippen molar-refractivity contribution in [1.29, 1.82) is 0 Å². The maximum atomic E-state index is 5.74. The third kappa shape index (κ3) is 1.55. The Morgan fingerprint density at radius 1 is 1.50 bits per heavy atom. The molecule has 1 aromatic carbocycles. The molecule has 0 radical (unpaired) electrons. The van der Waals surface area contributed by atoms with Crippen LogP contribution in [0, 0.1) is 0 Å². The molecule has 4 heteroatoms. The van der Waals surface area contributed by atoms with Crippen LogP contribution in [-0.2, 0) is 0 Å². The lowest BCUT2D eigenvalue weighted by atomic mass is 10.1. The molecule has 1 aliphatic rings. The molecule has 3 rings (SSSR count). The monoisotopic (exact) mass is 218 g/mol. The number of fused-ring (bicyclic) bond motifs is 1. The second kappa shape index (κ2) is 3.79. The number of nitrogens with zero attached hydrogens (tertiary/aromatic N) is 1. The van der Waals surface area contributed by atoms with Crippen molar-refractivity contribution in [2.45, 2.75) is 12.3 Å². The highest BCUT2D eigenvalue weighted by atomic mass is 16.5. The molecule has 1 unspecified atom stereocenters. The molecule has 0 amide bonds. The van der Waals surface area contributed by atoms with Gasteiger partial charge >= 0.3 is 0 Å². The van der Waals surface area contributed by atoms with Crippen molar-refractivity contribution in [2.75, 3.05) is 20.2 Å². The number of aromatic nitrogens is 1. The van der Waals surface area contributed by atoms with Gasteiger partial charge in [0.2, 0.25) is 0 Å². The number of methoxy groups -OCH3 is 1. The molecule has 2 heterocycles. The molecule has 0 bridgehead atoms. The Bertz CT molecular complexity index is 501. The number of benzene rings is 1. The van der Waals surface area contributed by atoms with Gasteiger partial charge in [0.1, 0.15) is 11.3 Å². The van der Waals surface area contributed by atoms with Gasteiger partial charge in [-0.25, -0.2) is 4.98 Å². The predicted molar refractivity (Wildman–Crippen MR) is 60.8 cm³/mol. The standard InChI is InChI=1S/C12H14N2O2/c1-15-9-2-3-11-10(6-9)14-12(16-11)8-4-5-13-7-8/h2-3,6,8,13H,4-5,7H2,1H3. The third-order valence-electron chi connectivity index (χ3n) is 3.02. The van der Waals surface area contributed by atoms with Crippen molar-refractivity contribution in [3.05, 3.63) is 24.1 Å². The van der Waals surface area contributed by atoms with Crippen LogP contribution in [0.5, 0.6) is 5.75 Å². The summed E-state index contributed by atoms with van der Waals surface area (Å²) in [4.78, 5) is 4.52. The van der Waals surface area contributed by atoms with Gasteiger partial charge in [-0.05, 0) is 25.1 Å². The van der Waals surface area contributed by atoms with Crippen molar-refractivity contribution < 1.29 is 9.15 Å². The van der Waals surface area contributed by atoms with Gasteiger partial charge in [-0.15, -0.1) is 0 Å². The summed E-state index contributed by atoms with van der Waals surface area (Å²) in [6, 6.07) is 5.71. The Kier molecular flexibility index (Phi) is 2.29. The van der Waals surface area contributed by atoms with Crippen molar-refractivity contribution in [3.8, 4) is 5.75 Å². The first-order chi connectivity index (χ1) is 7.86. The zero-order chi connectivity index (χ0) is 11.0. The Morgan fingerprint density at radius 2 is 2.44 bits per heavy atom. The van der Waals surface area contributed by atoms with Crippen LogP contribution in [0.4, 0.5) is 0 Å². The van der Waals surface area contributed by atoms with E-state index in [1.54, 1.807) is 7.11 Å². The lowest BCUT2D eigenvalue weighted by molar-refractivity contribution is 0.415. The normalized spacial score (nSPS) is 20.4. The summed E-state index contributed by atoms with van der Waals surface area (Å²) < 4.78 is 10.9. The van der Waals surface area contributed by atoms with Crippen LogP contribution < -0.4 is 10.1 Å². The average molecular weight is 218 g/mol. The quantitative estimate of drug-likeness (QED) is 0.836. The van der Waals surface area contributed by atoms with E-state index in [2.05, 4.69) is 10.3 Å². The minimum Gasteiger partial charge on any atom is -0.497 e. The minimum atomic E-state index is 0.415. The van der Waals surface area contributed by atoms with Crippen LogP contribution in [0.25, 0.3) is 11.1 Å². The molecular weight excluding hydrogens is 204 g/mol. The van der Waals surface area contributed by atoms with E-state index in [0.29, 0.717) is 5.92 Å². The molecule has 0 saturated carbocycles. The molecule has 1 fully saturated rings. The van der Waals surface area contributed by atoms with Crippen LogP contribution in [0.1, 0.15) is 18.2 Å². The molecule has 1 atom stereocenters. The second-order valence-electron chi connectivity index (χ2n) is 4.08. The lowest BCUT2D eigenvalue weighted by Crippen LogP contribution is -2.07. The summed E-state index contributed by atoms with van der Waals surface area (Å²) in [7, 11) is 1.66. The Morgan fingerprint density at radius 3 is 3.19 bits per heavy atom. The van der Waals surface area contributed by atoms with Crippen LogP contribution in [0.3, 0.4) is 0 Å². The number of nitrogens with one attached hydrogen (secondary N) is 1. The lowest BCUT2D eigenvalue weighted by Gasteiger charge is -1.99. The van der Waals surface area contributed by atoms with E-state index in [4.69, 9.17) is 9.15 Å². The van der Waals surface area contributed by atoms with Crippen LogP contribution in [0.15, 0.2) is 22.6 Å². The first kappa shape index (κ1) is 9.66. The van der Waals surface area contributed by atoms with E-state index in [1.165, 1.54) is 0 Å². The first-order valence-corrected chi connectivity index (χ1v) is 5.52. The maximum absolute atomic E-state index is 5.74. The van der Waals surface area contributed by atoms with E-state index >= 15 is 0 Å². The summed E-state index contributed by atoms with van der Waals surface area (Å²) in [6.07, 6.45) is 1.10. The number of oxazole rings is 1. The molecule has 84 valence electrons. The molecule has 1 aliphatic heterocycles. The Hall–Kier alpha value is -1.55. The second-order valence-corrected chi connectivity index (χ2v) is 4.08. The van der Waals surface area contributed by atoms with Crippen molar-refractivity contribution >= 4 is 11.1 Å². The van der Waals surface area contributed by atoms with E-state index in [0.717, 1.165) is 42.3 Å². The number of hydrogen-bond acceptors (Lipinski definition) is 4. The Balaban J connectivity index is 2.01. The van der Waals surface area contributed by atoms with Gasteiger partial charge in [0.05, 0.1) is 7.11 Å². The number of rotatable bonds is 2. The number of hydrogen-bond donors (Lipinski definition) is 1. The third-order valence-corrected chi connectivity index (χ3v) is 3.02. The fourth-order valence-electron chi connectivity index (χ4n) is 2.09. The molecule has 16 heavy (non-hydrogen) atoms. The minimum absolute atomic E-state index is 0.415. The molecule has 0 spiro atoms. The smallest absolute Gasteiger partial charge is 0.199 e. The predicted octanol–water partition coefficient (Wildman–Crippen LogP) is 1.91. The fourth-order valence-corrected chi connectivity index (χ4v) is 2.09. The highest BCUT2D eigenvalue weighted by Gasteiger charge is 2.21. The molecule has 4 nitrogen and oxygen atoms in total. The van der Waals surface area contributed by atoms with Crippen molar-refractivity contribution in [2.24, 2.45) is 0 Å². The molecule has 0 aliphatic carbocycles. The van der Waals surface area contributed by atoms with E-state index in [-0.39, 0.29) is 0 Å². The summed E-state index contributed by atoms with van der Waals surface area (Å²) >= 11 is 0. The van der Waals surface area contributed by atoms with E-state index in [9.17, 15) is 0 Å². The molecule has 2 aromatic rings. The summed E-state index contributed by atoms with van der Waals surface area (Å²) in [5.41, 5.74) is 1.71. The molecule has 1 N–H and O–H groups in total.